The first kappa shape index (κ1) is 21.5. The number of hydrogen-bond acceptors (Lipinski definition) is 3. The summed E-state index contributed by atoms with van der Waals surface area (Å²) < 4.78 is 0. The largest absolute Gasteiger partial charge is 0.480 e. The molecule has 4 atom stereocenters. The molecule has 22 heavy (non-hydrogen) atoms. The van der Waals surface area contributed by atoms with Crippen molar-refractivity contribution in [3.63, 3.8) is 0 Å². The fourth-order valence-corrected chi connectivity index (χ4v) is 3.99. The number of nitrogens with two attached hydrogens (primary N) is 1. The zero-order valence-corrected chi connectivity index (χ0v) is 15.2. The maximum Gasteiger partial charge on any atom is 0.326 e. The average molecular weight is 355 g/mol. The van der Waals surface area contributed by atoms with Crippen LogP contribution in [0.15, 0.2) is 0 Å². The molecule has 5 nitrogen and oxygen atoms in total. The molecule has 1 heterocycles. The minimum absolute atomic E-state index is 0. The Hall–Kier alpha value is -0.520. The number of amides is 1. The van der Waals surface area contributed by atoms with Crippen LogP contribution in [-0.4, -0.2) is 40.5 Å². The SMILES string of the molecule is CCC(CC)[C@H](N)C(=O)N1C[C@H]2[C@@H]([C@H]1C(=O)O)C2(C)C.Cl.Cl. The number of piperidine rings is 1. The van der Waals surface area contributed by atoms with Crippen LogP contribution in [-0.2, 0) is 9.59 Å². The number of likely N-dealkylation sites (tertiary alicyclic amines) is 1. The molecule has 130 valence electrons. The van der Waals surface area contributed by atoms with Crippen LogP contribution in [0.5, 0.6) is 0 Å². The molecular weight excluding hydrogens is 327 g/mol. The van der Waals surface area contributed by atoms with Crippen LogP contribution < -0.4 is 5.73 Å². The van der Waals surface area contributed by atoms with Crippen LogP contribution in [0.2, 0.25) is 0 Å². The van der Waals surface area contributed by atoms with Crippen molar-refractivity contribution in [1.29, 1.82) is 0 Å². The van der Waals surface area contributed by atoms with Gasteiger partial charge in [0.25, 0.3) is 0 Å². The summed E-state index contributed by atoms with van der Waals surface area (Å²) in [5.41, 5.74) is 6.11. The van der Waals surface area contributed by atoms with Crippen LogP contribution in [0.25, 0.3) is 0 Å². The summed E-state index contributed by atoms with van der Waals surface area (Å²) in [7, 11) is 0. The molecule has 0 aromatic rings. The molecule has 1 aliphatic heterocycles. The average Bonchev–Trinajstić information content (AvgIpc) is 2.79. The number of rotatable bonds is 5. The zero-order chi connectivity index (χ0) is 15.2. The molecule has 3 N–H and O–H groups in total. The van der Waals surface area contributed by atoms with Crippen LogP contribution in [0.4, 0.5) is 0 Å². The number of carbonyl (C=O) groups is 2. The van der Waals surface area contributed by atoms with Crippen molar-refractivity contribution in [2.75, 3.05) is 6.54 Å². The molecular formula is C15H28Cl2N2O3. The van der Waals surface area contributed by atoms with E-state index in [1.165, 1.54) is 4.90 Å². The van der Waals surface area contributed by atoms with Crippen LogP contribution in [0.1, 0.15) is 40.5 Å². The van der Waals surface area contributed by atoms with E-state index >= 15 is 0 Å². The fraction of sp³-hybridized carbons (Fsp3) is 0.867. The quantitative estimate of drug-likeness (QED) is 0.792. The second kappa shape index (κ2) is 7.37. The lowest BCUT2D eigenvalue weighted by molar-refractivity contribution is -0.151. The summed E-state index contributed by atoms with van der Waals surface area (Å²) >= 11 is 0. The van der Waals surface area contributed by atoms with Gasteiger partial charge < -0.3 is 15.7 Å². The van der Waals surface area contributed by atoms with Gasteiger partial charge in [0.05, 0.1) is 6.04 Å². The van der Waals surface area contributed by atoms with Crippen molar-refractivity contribution < 1.29 is 14.7 Å². The first-order valence-corrected chi connectivity index (χ1v) is 7.56. The molecule has 0 aromatic carbocycles. The number of carboxylic acid groups (broad SMARTS) is 1. The summed E-state index contributed by atoms with van der Waals surface area (Å²) in [5.74, 6) is -0.566. The number of carbonyl (C=O) groups excluding carboxylic acids is 1. The third-order valence-electron chi connectivity index (χ3n) is 5.59. The highest BCUT2D eigenvalue weighted by Crippen LogP contribution is 2.64. The number of carboxylic acids is 1. The van der Waals surface area contributed by atoms with Crippen LogP contribution in [0.3, 0.4) is 0 Å². The predicted molar refractivity (Wildman–Crippen MR) is 90.4 cm³/mol. The lowest BCUT2D eigenvalue weighted by Gasteiger charge is -2.32. The van der Waals surface area contributed by atoms with E-state index in [1.54, 1.807) is 0 Å². The highest BCUT2D eigenvalue weighted by Gasteiger charge is 2.69. The smallest absolute Gasteiger partial charge is 0.326 e. The molecule has 0 bridgehead atoms. The van der Waals surface area contributed by atoms with Crippen molar-refractivity contribution >= 4 is 36.7 Å². The van der Waals surface area contributed by atoms with Crippen LogP contribution >= 0.6 is 24.8 Å². The normalized spacial score (nSPS) is 29.2. The minimum atomic E-state index is -0.895. The Morgan fingerprint density at radius 2 is 1.77 bits per heavy atom. The highest BCUT2D eigenvalue weighted by atomic mass is 35.5. The predicted octanol–water partition coefficient (Wildman–Crippen LogP) is 2.16. The van der Waals surface area contributed by atoms with E-state index in [4.69, 9.17) is 5.73 Å². The van der Waals surface area contributed by atoms with Gasteiger partial charge in [-0.15, -0.1) is 24.8 Å². The number of hydrogen-bond donors (Lipinski definition) is 2. The van der Waals surface area contributed by atoms with E-state index in [2.05, 4.69) is 13.8 Å². The van der Waals surface area contributed by atoms with Gasteiger partial charge in [-0.1, -0.05) is 40.5 Å². The first-order chi connectivity index (χ1) is 9.27. The molecule has 0 radical (unpaired) electrons. The molecule has 2 fully saturated rings. The topological polar surface area (TPSA) is 83.6 Å². The fourth-order valence-electron chi connectivity index (χ4n) is 3.99. The molecule has 1 aliphatic carbocycles. The lowest BCUT2D eigenvalue weighted by atomic mass is 9.92. The maximum absolute atomic E-state index is 12.5. The highest BCUT2D eigenvalue weighted by molar-refractivity contribution is 5.88. The monoisotopic (exact) mass is 354 g/mol. The van der Waals surface area contributed by atoms with E-state index in [-0.39, 0.29) is 48.0 Å². The second-order valence-electron chi connectivity index (χ2n) is 6.83. The van der Waals surface area contributed by atoms with Gasteiger partial charge in [-0.05, 0) is 17.3 Å². The number of nitrogens with zero attached hydrogens (tertiary/aromatic N) is 1. The Morgan fingerprint density at radius 3 is 2.18 bits per heavy atom. The van der Waals surface area contributed by atoms with Gasteiger partial charge in [-0.2, -0.15) is 0 Å². The molecule has 7 heteroatoms. The Bertz CT molecular complexity index is 427. The molecule has 1 saturated heterocycles. The van der Waals surface area contributed by atoms with Gasteiger partial charge in [-0.3, -0.25) is 4.79 Å². The van der Waals surface area contributed by atoms with Gasteiger partial charge in [0.15, 0.2) is 0 Å². The van der Waals surface area contributed by atoms with Crippen molar-refractivity contribution in [1.82, 2.24) is 4.90 Å². The van der Waals surface area contributed by atoms with Crippen molar-refractivity contribution in [2.24, 2.45) is 28.9 Å². The molecule has 0 aromatic heterocycles. The maximum atomic E-state index is 12.5. The second-order valence-corrected chi connectivity index (χ2v) is 6.83. The summed E-state index contributed by atoms with van der Waals surface area (Å²) in [6.45, 7) is 8.74. The molecule has 2 aliphatic rings. The molecule has 0 unspecified atom stereocenters. The lowest BCUT2D eigenvalue weighted by Crippen LogP contribution is -2.53. The van der Waals surface area contributed by atoms with Crippen molar-refractivity contribution in [3.05, 3.63) is 0 Å². The Morgan fingerprint density at radius 1 is 1.27 bits per heavy atom. The molecule has 1 saturated carbocycles. The summed E-state index contributed by atoms with van der Waals surface area (Å²) in [5, 5.41) is 9.46. The van der Waals surface area contributed by atoms with Gasteiger partial charge in [-0.25, -0.2) is 4.79 Å². The van der Waals surface area contributed by atoms with Gasteiger partial charge in [0.2, 0.25) is 5.91 Å². The summed E-state index contributed by atoms with van der Waals surface area (Å²) in [4.78, 5) is 25.6. The van der Waals surface area contributed by atoms with E-state index in [9.17, 15) is 14.7 Å². The molecule has 0 spiro atoms. The summed E-state index contributed by atoms with van der Waals surface area (Å²) in [6.07, 6.45) is 1.68. The standard InChI is InChI=1S/C15H26N2O3.2ClH/c1-5-8(6-2)11(16)13(18)17-7-9-10(15(9,3)4)12(17)14(19)20;;/h8-12H,5-7,16H2,1-4H3,(H,19,20);2*1H/t9-,10-,11-,12-;;/m0../s1. The number of halogens is 2. The van der Waals surface area contributed by atoms with Gasteiger partial charge >= 0.3 is 5.97 Å². The molecule has 1 amide bonds. The van der Waals surface area contributed by atoms with Gasteiger partial charge in [0, 0.05) is 12.5 Å². The Balaban J connectivity index is 0.00000220. The van der Waals surface area contributed by atoms with Gasteiger partial charge in [0.1, 0.15) is 6.04 Å². The van der Waals surface area contributed by atoms with E-state index in [0.717, 1.165) is 12.8 Å². The zero-order valence-electron chi connectivity index (χ0n) is 13.6. The third-order valence-corrected chi connectivity index (χ3v) is 5.59. The number of fused-ring (bicyclic) bond motifs is 1. The van der Waals surface area contributed by atoms with Crippen molar-refractivity contribution in [2.45, 2.75) is 52.6 Å². The Kier molecular flexibility index (Phi) is 7.19. The Labute approximate surface area is 144 Å². The van der Waals surface area contributed by atoms with E-state index < -0.39 is 18.1 Å². The molecule has 2 rings (SSSR count). The van der Waals surface area contributed by atoms with Crippen LogP contribution in [0, 0.1) is 23.2 Å². The first-order valence-electron chi connectivity index (χ1n) is 7.56. The third kappa shape index (κ3) is 3.22. The van der Waals surface area contributed by atoms with E-state index in [0.29, 0.717) is 12.5 Å². The van der Waals surface area contributed by atoms with E-state index in [1.807, 2.05) is 13.8 Å². The minimum Gasteiger partial charge on any atom is -0.480 e. The number of aliphatic carboxylic acids is 1. The summed E-state index contributed by atoms with van der Waals surface area (Å²) in [6, 6.07) is -1.27. The van der Waals surface area contributed by atoms with Crippen molar-refractivity contribution in [3.8, 4) is 0 Å².